The maximum absolute atomic E-state index is 12.8. The molecule has 3 rings (SSSR count). The molecule has 1 aliphatic rings. The number of carbonyl (C=O) groups excluding carboxylic acids is 1. The number of aromatic nitrogens is 1. The lowest BCUT2D eigenvalue weighted by Crippen LogP contribution is -2.49. The second-order valence-corrected chi connectivity index (χ2v) is 8.25. The third-order valence-corrected chi connectivity index (χ3v) is 5.57. The van der Waals surface area contributed by atoms with Gasteiger partial charge in [-0.1, -0.05) is 6.07 Å². The van der Waals surface area contributed by atoms with Crippen LogP contribution in [0.4, 0.5) is 5.69 Å². The third kappa shape index (κ3) is 3.82. The number of aryl methyl sites for hydroxylation is 1. The Bertz CT molecular complexity index is 874. The summed E-state index contributed by atoms with van der Waals surface area (Å²) in [6.45, 7) is 4.50. The van der Waals surface area contributed by atoms with Crippen molar-refractivity contribution in [2.24, 2.45) is 0 Å². The summed E-state index contributed by atoms with van der Waals surface area (Å²) in [6, 6.07) is 8.64. The SMILES string of the molecule is Cc1ccc(S(C)(=O)=O)cc1C(=O)N1CCN(c2ccncc2)CC1. The van der Waals surface area contributed by atoms with Gasteiger partial charge in [0.15, 0.2) is 9.84 Å². The molecular weight excluding hydrogens is 338 g/mol. The quantitative estimate of drug-likeness (QED) is 0.835. The number of hydrogen-bond donors (Lipinski definition) is 0. The molecule has 2 heterocycles. The van der Waals surface area contributed by atoms with E-state index in [0.717, 1.165) is 30.6 Å². The number of nitrogens with zero attached hydrogens (tertiary/aromatic N) is 3. The van der Waals surface area contributed by atoms with E-state index in [0.29, 0.717) is 18.7 Å². The van der Waals surface area contributed by atoms with E-state index in [2.05, 4.69) is 9.88 Å². The summed E-state index contributed by atoms with van der Waals surface area (Å²) in [7, 11) is -3.34. The molecule has 1 aliphatic heterocycles. The average molecular weight is 359 g/mol. The average Bonchev–Trinajstić information content (AvgIpc) is 2.61. The summed E-state index contributed by atoms with van der Waals surface area (Å²) in [5, 5.41) is 0. The van der Waals surface area contributed by atoms with Crippen LogP contribution in [0.25, 0.3) is 0 Å². The zero-order valence-corrected chi connectivity index (χ0v) is 15.2. The van der Waals surface area contributed by atoms with Gasteiger partial charge < -0.3 is 9.80 Å². The largest absolute Gasteiger partial charge is 0.368 e. The fourth-order valence-electron chi connectivity index (χ4n) is 2.96. The first-order valence-electron chi connectivity index (χ1n) is 8.11. The number of sulfone groups is 1. The minimum Gasteiger partial charge on any atom is -0.368 e. The molecule has 2 aromatic rings. The molecule has 0 unspecified atom stereocenters. The number of carbonyl (C=O) groups is 1. The van der Waals surface area contributed by atoms with Crippen LogP contribution in [-0.2, 0) is 9.84 Å². The van der Waals surface area contributed by atoms with Crippen LogP contribution in [0.3, 0.4) is 0 Å². The monoisotopic (exact) mass is 359 g/mol. The van der Waals surface area contributed by atoms with Crippen LogP contribution in [0.15, 0.2) is 47.6 Å². The lowest BCUT2D eigenvalue weighted by molar-refractivity contribution is 0.0746. The molecule has 0 aliphatic carbocycles. The van der Waals surface area contributed by atoms with E-state index in [4.69, 9.17) is 0 Å². The van der Waals surface area contributed by atoms with Crippen molar-refractivity contribution in [3.63, 3.8) is 0 Å². The molecule has 6 nitrogen and oxygen atoms in total. The Morgan fingerprint density at radius 3 is 2.28 bits per heavy atom. The Kier molecular flexibility index (Phi) is 4.76. The van der Waals surface area contributed by atoms with E-state index in [1.165, 1.54) is 6.07 Å². The summed E-state index contributed by atoms with van der Waals surface area (Å²) < 4.78 is 23.5. The van der Waals surface area contributed by atoms with Crippen LogP contribution in [0.5, 0.6) is 0 Å². The fraction of sp³-hybridized carbons (Fsp3) is 0.333. The van der Waals surface area contributed by atoms with Crippen molar-refractivity contribution in [2.75, 3.05) is 37.3 Å². The van der Waals surface area contributed by atoms with E-state index in [1.54, 1.807) is 29.4 Å². The summed E-state index contributed by atoms with van der Waals surface area (Å²) in [5.41, 5.74) is 2.34. The van der Waals surface area contributed by atoms with Gasteiger partial charge in [-0.25, -0.2) is 8.42 Å². The molecule has 7 heteroatoms. The molecule has 0 N–H and O–H groups in total. The van der Waals surface area contributed by atoms with Gasteiger partial charge in [-0.2, -0.15) is 0 Å². The van der Waals surface area contributed by atoms with Gasteiger partial charge in [0.1, 0.15) is 0 Å². The minimum atomic E-state index is -3.34. The molecule has 1 aromatic carbocycles. The first-order valence-corrected chi connectivity index (χ1v) is 10.0. The van der Waals surface area contributed by atoms with Gasteiger partial charge in [-0.3, -0.25) is 9.78 Å². The standard InChI is InChI=1S/C18H21N3O3S/c1-14-3-4-16(25(2,23)24)13-17(14)18(22)21-11-9-20(10-12-21)15-5-7-19-8-6-15/h3-8,13H,9-12H2,1-2H3. The van der Waals surface area contributed by atoms with Gasteiger partial charge in [0, 0.05) is 56.1 Å². The number of amides is 1. The topological polar surface area (TPSA) is 70.6 Å². The van der Waals surface area contributed by atoms with Crippen molar-refractivity contribution in [2.45, 2.75) is 11.8 Å². The molecule has 0 atom stereocenters. The van der Waals surface area contributed by atoms with Gasteiger partial charge in [0.05, 0.1) is 4.90 Å². The highest BCUT2D eigenvalue weighted by Gasteiger charge is 2.24. The lowest BCUT2D eigenvalue weighted by Gasteiger charge is -2.36. The van der Waals surface area contributed by atoms with Crippen LogP contribution in [0, 0.1) is 6.92 Å². The highest BCUT2D eigenvalue weighted by atomic mass is 32.2. The predicted octanol–water partition coefficient (Wildman–Crippen LogP) is 1.76. The molecule has 1 aromatic heterocycles. The van der Waals surface area contributed by atoms with Gasteiger partial charge in [0.25, 0.3) is 5.91 Å². The first kappa shape index (κ1) is 17.4. The van der Waals surface area contributed by atoms with E-state index in [9.17, 15) is 13.2 Å². The Morgan fingerprint density at radius 2 is 1.68 bits per heavy atom. The van der Waals surface area contributed by atoms with E-state index in [-0.39, 0.29) is 10.8 Å². The molecule has 0 saturated carbocycles. The zero-order chi connectivity index (χ0) is 18.0. The number of anilines is 1. The molecule has 1 fully saturated rings. The summed E-state index contributed by atoms with van der Waals surface area (Å²) in [4.78, 5) is 21.0. The van der Waals surface area contributed by atoms with Crippen molar-refractivity contribution < 1.29 is 13.2 Å². The van der Waals surface area contributed by atoms with E-state index >= 15 is 0 Å². The second kappa shape index (κ2) is 6.84. The highest BCUT2D eigenvalue weighted by Crippen LogP contribution is 2.20. The molecule has 0 spiro atoms. The Hall–Kier alpha value is -2.41. The number of piperazine rings is 1. The van der Waals surface area contributed by atoms with Gasteiger partial charge in [-0.15, -0.1) is 0 Å². The molecular formula is C18H21N3O3S. The smallest absolute Gasteiger partial charge is 0.254 e. The van der Waals surface area contributed by atoms with Crippen LogP contribution >= 0.6 is 0 Å². The van der Waals surface area contributed by atoms with Crippen molar-refractivity contribution in [1.82, 2.24) is 9.88 Å². The highest BCUT2D eigenvalue weighted by molar-refractivity contribution is 7.90. The molecule has 0 radical (unpaired) electrons. The maximum Gasteiger partial charge on any atom is 0.254 e. The lowest BCUT2D eigenvalue weighted by atomic mass is 10.1. The van der Waals surface area contributed by atoms with Crippen molar-refractivity contribution in [3.8, 4) is 0 Å². The van der Waals surface area contributed by atoms with Crippen LogP contribution in [-0.4, -0.2) is 56.6 Å². The first-order chi connectivity index (χ1) is 11.9. The molecule has 1 saturated heterocycles. The minimum absolute atomic E-state index is 0.114. The van der Waals surface area contributed by atoms with E-state index in [1.807, 2.05) is 19.1 Å². The third-order valence-electron chi connectivity index (χ3n) is 4.46. The maximum atomic E-state index is 12.8. The molecule has 132 valence electrons. The van der Waals surface area contributed by atoms with Gasteiger partial charge >= 0.3 is 0 Å². The second-order valence-electron chi connectivity index (χ2n) is 6.23. The molecule has 0 bridgehead atoms. The van der Waals surface area contributed by atoms with Gasteiger partial charge in [-0.05, 0) is 36.8 Å². The summed E-state index contributed by atoms with van der Waals surface area (Å²) >= 11 is 0. The normalized spacial score (nSPS) is 15.3. The molecule has 25 heavy (non-hydrogen) atoms. The van der Waals surface area contributed by atoms with Crippen molar-refractivity contribution in [1.29, 1.82) is 0 Å². The summed E-state index contributed by atoms with van der Waals surface area (Å²) in [6.07, 6.45) is 4.67. The Labute approximate surface area is 148 Å². The fourth-order valence-corrected chi connectivity index (χ4v) is 3.60. The Balaban J connectivity index is 1.75. The van der Waals surface area contributed by atoms with Gasteiger partial charge in [0.2, 0.25) is 0 Å². The number of pyridine rings is 1. The predicted molar refractivity (Wildman–Crippen MR) is 96.6 cm³/mol. The number of benzene rings is 1. The molecule has 1 amide bonds. The Morgan fingerprint density at radius 1 is 1.04 bits per heavy atom. The zero-order valence-electron chi connectivity index (χ0n) is 14.3. The van der Waals surface area contributed by atoms with Crippen LogP contribution in [0.1, 0.15) is 15.9 Å². The number of hydrogen-bond acceptors (Lipinski definition) is 5. The van der Waals surface area contributed by atoms with Crippen molar-refractivity contribution >= 4 is 21.4 Å². The van der Waals surface area contributed by atoms with E-state index < -0.39 is 9.84 Å². The van der Waals surface area contributed by atoms with Crippen molar-refractivity contribution in [3.05, 3.63) is 53.9 Å². The van der Waals surface area contributed by atoms with Crippen LogP contribution < -0.4 is 4.90 Å². The van der Waals surface area contributed by atoms with Crippen LogP contribution in [0.2, 0.25) is 0 Å². The summed E-state index contributed by atoms with van der Waals surface area (Å²) in [5.74, 6) is -0.114. The number of rotatable bonds is 3.